The Morgan fingerprint density at radius 2 is 2.14 bits per heavy atom. The Labute approximate surface area is 163 Å². The van der Waals surface area contributed by atoms with Crippen LogP contribution >= 0.6 is 0 Å². The molecule has 150 valence electrons. The zero-order chi connectivity index (χ0) is 20.3. The summed E-state index contributed by atoms with van der Waals surface area (Å²) < 4.78 is 45.9. The van der Waals surface area contributed by atoms with Crippen molar-refractivity contribution in [2.75, 3.05) is 25.0 Å². The van der Waals surface area contributed by atoms with Crippen molar-refractivity contribution in [3.63, 3.8) is 0 Å². The predicted molar refractivity (Wildman–Crippen MR) is 102 cm³/mol. The number of aryl methyl sites for hydroxylation is 1. The molecule has 0 aliphatic carbocycles. The van der Waals surface area contributed by atoms with Crippen LogP contribution in [0.5, 0.6) is 5.88 Å². The average molecular weight is 407 g/mol. The predicted octanol–water partition coefficient (Wildman–Crippen LogP) is 2.58. The SMILES string of the molecule is CC(=O)Nc1ccc(S(=O)(=O)N2CCC(COc3ccc(F)cn3)C2)c(C)c1. The lowest BCUT2D eigenvalue weighted by Gasteiger charge is -2.18. The topological polar surface area (TPSA) is 88.6 Å². The van der Waals surface area contributed by atoms with Crippen LogP contribution in [0.1, 0.15) is 18.9 Å². The Kier molecular flexibility index (Phi) is 5.95. The van der Waals surface area contributed by atoms with Crippen molar-refractivity contribution in [1.29, 1.82) is 0 Å². The molecule has 1 aromatic heterocycles. The summed E-state index contributed by atoms with van der Waals surface area (Å²) in [5, 5.41) is 2.64. The van der Waals surface area contributed by atoms with Crippen molar-refractivity contribution in [2.24, 2.45) is 5.92 Å². The van der Waals surface area contributed by atoms with Crippen molar-refractivity contribution in [3.05, 3.63) is 47.9 Å². The van der Waals surface area contributed by atoms with Gasteiger partial charge < -0.3 is 10.1 Å². The summed E-state index contributed by atoms with van der Waals surface area (Å²) in [6.07, 6.45) is 1.75. The van der Waals surface area contributed by atoms with E-state index in [-0.39, 0.29) is 16.7 Å². The lowest BCUT2D eigenvalue weighted by Crippen LogP contribution is -2.30. The third-order valence-corrected chi connectivity index (χ3v) is 6.55. The molecule has 28 heavy (non-hydrogen) atoms. The monoisotopic (exact) mass is 407 g/mol. The highest BCUT2D eigenvalue weighted by molar-refractivity contribution is 7.89. The Balaban J connectivity index is 1.64. The van der Waals surface area contributed by atoms with Crippen molar-refractivity contribution in [3.8, 4) is 5.88 Å². The van der Waals surface area contributed by atoms with Crippen molar-refractivity contribution >= 4 is 21.6 Å². The summed E-state index contributed by atoms with van der Waals surface area (Å²) in [7, 11) is -3.64. The summed E-state index contributed by atoms with van der Waals surface area (Å²) in [5.41, 5.74) is 1.13. The van der Waals surface area contributed by atoms with Gasteiger partial charge in [-0.2, -0.15) is 4.31 Å². The third kappa shape index (κ3) is 4.66. The van der Waals surface area contributed by atoms with E-state index in [9.17, 15) is 17.6 Å². The minimum atomic E-state index is -3.64. The number of nitrogens with zero attached hydrogens (tertiary/aromatic N) is 2. The molecule has 1 saturated heterocycles. The minimum Gasteiger partial charge on any atom is -0.477 e. The number of hydrogen-bond donors (Lipinski definition) is 1. The fraction of sp³-hybridized carbons (Fsp3) is 0.368. The van der Waals surface area contributed by atoms with E-state index in [1.165, 1.54) is 29.4 Å². The van der Waals surface area contributed by atoms with E-state index < -0.39 is 15.8 Å². The Morgan fingerprint density at radius 3 is 2.79 bits per heavy atom. The molecule has 1 aromatic carbocycles. The van der Waals surface area contributed by atoms with E-state index >= 15 is 0 Å². The number of ether oxygens (including phenoxy) is 1. The molecule has 2 aromatic rings. The Hall–Kier alpha value is -2.52. The highest BCUT2D eigenvalue weighted by atomic mass is 32.2. The molecule has 7 nitrogen and oxygen atoms in total. The summed E-state index contributed by atoms with van der Waals surface area (Å²) in [4.78, 5) is 15.2. The highest BCUT2D eigenvalue weighted by Crippen LogP contribution is 2.28. The molecule has 3 rings (SSSR count). The molecular formula is C19H22FN3O4S. The van der Waals surface area contributed by atoms with Gasteiger partial charge in [-0.1, -0.05) is 0 Å². The maximum absolute atomic E-state index is 13.0. The fourth-order valence-corrected chi connectivity index (χ4v) is 4.90. The molecule has 9 heteroatoms. The van der Waals surface area contributed by atoms with Crippen LogP contribution in [0.4, 0.5) is 10.1 Å². The molecule has 1 N–H and O–H groups in total. The quantitative estimate of drug-likeness (QED) is 0.795. The molecule has 0 bridgehead atoms. The van der Waals surface area contributed by atoms with Crippen molar-refractivity contribution in [2.45, 2.75) is 25.2 Å². The second kappa shape index (κ2) is 8.24. The molecule has 1 amide bonds. The minimum absolute atomic E-state index is 0.0283. The molecule has 1 aliphatic rings. The van der Waals surface area contributed by atoms with E-state index in [2.05, 4.69) is 10.3 Å². The van der Waals surface area contributed by atoms with Crippen LogP contribution in [0.15, 0.2) is 41.4 Å². The van der Waals surface area contributed by atoms with Gasteiger partial charge in [0.15, 0.2) is 0 Å². The number of pyridine rings is 1. The summed E-state index contributed by atoms with van der Waals surface area (Å²) in [6, 6.07) is 7.45. The third-order valence-electron chi connectivity index (χ3n) is 4.53. The number of rotatable bonds is 6. The molecule has 0 saturated carbocycles. The van der Waals surface area contributed by atoms with E-state index in [1.54, 1.807) is 19.1 Å². The van der Waals surface area contributed by atoms with E-state index in [0.717, 1.165) is 6.20 Å². The summed E-state index contributed by atoms with van der Waals surface area (Å²) >= 11 is 0. The average Bonchev–Trinajstić information content (AvgIpc) is 3.10. The van der Waals surface area contributed by atoms with Gasteiger partial charge in [0.1, 0.15) is 5.82 Å². The maximum Gasteiger partial charge on any atom is 0.243 e. The summed E-state index contributed by atoms with van der Waals surface area (Å²) in [6.45, 7) is 4.16. The van der Waals surface area contributed by atoms with Gasteiger partial charge in [-0.3, -0.25) is 4.79 Å². The number of benzene rings is 1. The van der Waals surface area contributed by atoms with Crippen LogP contribution in [0.2, 0.25) is 0 Å². The van der Waals surface area contributed by atoms with Gasteiger partial charge >= 0.3 is 0 Å². The first-order valence-corrected chi connectivity index (χ1v) is 10.3. The number of anilines is 1. The van der Waals surface area contributed by atoms with Gasteiger partial charge in [0.25, 0.3) is 0 Å². The number of nitrogens with one attached hydrogen (secondary N) is 1. The van der Waals surface area contributed by atoms with Gasteiger partial charge in [-0.05, 0) is 43.2 Å². The number of halogens is 1. The molecule has 1 unspecified atom stereocenters. The standard InChI is InChI=1S/C19H22FN3O4S/c1-13-9-17(22-14(2)24)4-5-18(13)28(25,26)23-8-7-15(11-23)12-27-19-6-3-16(20)10-21-19/h3-6,9-10,15H,7-8,11-12H2,1-2H3,(H,22,24). The van der Waals surface area contributed by atoms with Crippen molar-refractivity contribution in [1.82, 2.24) is 9.29 Å². The van der Waals surface area contributed by atoms with Gasteiger partial charge in [0.2, 0.25) is 21.8 Å². The highest BCUT2D eigenvalue weighted by Gasteiger charge is 2.33. The normalized spacial score (nSPS) is 17.5. The first-order chi connectivity index (χ1) is 13.3. The van der Waals surface area contributed by atoms with Crippen LogP contribution in [0.25, 0.3) is 0 Å². The van der Waals surface area contributed by atoms with Crippen molar-refractivity contribution < 1.29 is 22.3 Å². The smallest absolute Gasteiger partial charge is 0.243 e. The van der Waals surface area contributed by atoms with Crippen LogP contribution in [0, 0.1) is 18.7 Å². The number of carbonyl (C=O) groups excluding carboxylic acids is 1. The number of amides is 1. The number of aromatic nitrogens is 1. The van der Waals surface area contributed by atoms with E-state index in [0.29, 0.717) is 43.2 Å². The number of sulfonamides is 1. The lowest BCUT2D eigenvalue weighted by atomic mass is 10.1. The molecule has 1 fully saturated rings. The fourth-order valence-electron chi connectivity index (χ4n) is 3.16. The van der Waals surface area contributed by atoms with Crippen LogP contribution in [-0.2, 0) is 14.8 Å². The van der Waals surface area contributed by atoms with Gasteiger partial charge in [-0.25, -0.2) is 17.8 Å². The molecule has 0 radical (unpaired) electrons. The largest absolute Gasteiger partial charge is 0.477 e. The second-order valence-electron chi connectivity index (χ2n) is 6.80. The van der Waals surface area contributed by atoms with Crippen LogP contribution in [0.3, 0.4) is 0 Å². The maximum atomic E-state index is 13.0. The molecular weight excluding hydrogens is 385 g/mol. The first-order valence-electron chi connectivity index (χ1n) is 8.88. The molecule has 1 aliphatic heterocycles. The van der Waals surface area contributed by atoms with Crippen LogP contribution in [-0.4, -0.2) is 43.3 Å². The zero-order valence-electron chi connectivity index (χ0n) is 15.7. The Bertz CT molecular complexity index is 964. The molecule has 2 heterocycles. The van der Waals surface area contributed by atoms with Crippen LogP contribution < -0.4 is 10.1 Å². The Morgan fingerprint density at radius 1 is 1.36 bits per heavy atom. The van der Waals surface area contributed by atoms with Gasteiger partial charge in [0.05, 0.1) is 17.7 Å². The molecule has 0 spiro atoms. The zero-order valence-corrected chi connectivity index (χ0v) is 16.5. The first kappa shape index (κ1) is 20.2. The summed E-state index contributed by atoms with van der Waals surface area (Å²) in [5.74, 6) is -0.314. The lowest BCUT2D eigenvalue weighted by molar-refractivity contribution is -0.114. The second-order valence-corrected chi connectivity index (χ2v) is 8.71. The van der Waals surface area contributed by atoms with E-state index in [4.69, 9.17) is 4.74 Å². The number of hydrogen-bond acceptors (Lipinski definition) is 5. The molecule has 1 atom stereocenters. The van der Waals surface area contributed by atoms with Gasteiger partial charge in [0, 0.05) is 37.7 Å². The van der Waals surface area contributed by atoms with E-state index in [1.807, 2.05) is 0 Å². The van der Waals surface area contributed by atoms with Gasteiger partial charge in [-0.15, -0.1) is 0 Å². The number of carbonyl (C=O) groups is 1.